The fraction of sp³-hybridized carbons (Fsp3) is 0.280. The Balaban J connectivity index is 1.60. The van der Waals surface area contributed by atoms with Crippen LogP contribution in [0.3, 0.4) is 0 Å². The number of carbonyl (C=O) groups is 1. The van der Waals surface area contributed by atoms with Crippen LogP contribution in [0.2, 0.25) is 0 Å². The average Bonchev–Trinajstić information content (AvgIpc) is 3.43. The third-order valence-electron chi connectivity index (χ3n) is 6.22. The molecule has 1 amide bonds. The average molecular weight is 513 g/mol. The molecule has 0 atom stereocenters. The number of nitrogens with one attached hydrogen (secondary N) is 1. The number of fused-ring (bicyclic) bond motifs is 1. The van der Waals surface area contributed by atoms with Crippen molar-refractivity contribution in [2.75, 3.05) is 18.4 Å². The number of aromatic nitrogens is 5. The third-order valence-corrected chi connectivity index (χ3v) is 6.22. The number of alkyl halides is 3. The zero-order chi connectivity index (χ0) is 26.5. The predicted molar refractivity (Wildman–Crippen MR) is 130 cm³/mol. The summed E-state index contributed by atoms with van der Waals surface area (Å²) in [5.41, 5.74) is 3.23. The molecule has 4 heterocycles. The van der Waals surface area contributed by atoms with Gasteiger partial charge in [-0.15, -0.1) is 0 Å². The number of pyridine rings is 1. The summed E-state index contributed by atoms with van der Waals surface area (Å²) in [4.78, 5) is 17.9. The summed E-state index contributed by atoms with van der Waals surface area (Å²) in [6.07, 6.45) is 0.747. The van der Waals surface area contributed by atoms with Crippen LogP contribution < -0.4 is 5.32 Å². The summed E-state index contributed by atoms with van der Waals surface area (Å²) in [5, 5.41) is 11.4. The molecule has 3 aromatic heterocycles. The molecule has 0 radical (unpaired) electrons. The van der Waals surface area contributed by atoms with Crippen LogP contribution >= 0.6 is 0 Å². The summed E-state index contributed by atoms with van der Waals surface area (Å²) >= 11 is 0. The Kier molecular flexibility index (Phi) is 5.97. The summed E-state index contributed by atoms with van der Waals surface area (Å²) in [5.74, 6) is -1.98. The van der Waals surface area contributed by atoms with Gasteiger partial charge in [0.05, 0.1) is 23.0 Å². The molecule has 1 fully saturated rings. The molecule has 0 spiro atoms. The maximum atomic E-state index is 13.4. The van der Waals surface area contributed by atoms with Gasteiger partial charge in [0.25, 0.3) is 5.91 Å². The Bertz CT molecular complexity index is 1480. The Labute approximate surface area is 209 Å². The van der Waals surface area contributed by atoms with Gasteiger partial charge in [0, 0.05) is 48.7 Å². The molecule has 1 aliphatic heterocycles. The fourth-order valence-corrected chi connectivity index (χ4v) is 4.37. The second-order valence-electron chi connectivity index (χ2n) is 9.14. The Morgan fingerprint density at radius 1 is 1.16 bits per heavy atom. The quantitative estimate of drug-likeness (QED) is 0.218. The molecule has 0 unspecified atom stereocenters. The van der Waals surface area contributed by atoms with Gasteiger partial charge in [-0.25, -0.2) is 14.1 Å². The highest BCUT2D eigenvalue weighted by Gasteiger charge is 2.37. The van der Waals surface area contributed by atoms with Crippen LogP contribution in [0.15, 0.2) is 61.3 Å². The molecule has 1 aliphatic rings. The molecule has 1 N–H and O–H groups in total. The number of rotatable bonds is 6. The van der Waals surface area contributed by atoms with Crippen molar-refractivity contribution >= 4 is 22.6 Å². The van der Waals surface area contributed by atoms with Crippen LogP contribution in [0.1, 0.15) is 31.5 Å². The van der Waals surface area contributed by atoms with Crippen molar-refractivity contribution in [3.8, 4) is 16.8 Å². The molecular formula is C25H23F4N7O. The molecule has 4 aromatic rings. The second-order valence-corrected chi connectivity index (χ2v) is 9.14. The van der Waals surface area contributed by atoms with Crippen molar-refractivity contribution in [2.24, 2.45) is 0 Å². The van der Waals surface area contributed by atoms with E-state index in [0.717, 1.165) is 16.5 Å². The van der Waals surface area contributed by atoms with E-state index in [1.807, 2.05) is 30.8 Å². The minimum atomic E-state index is -4.55. The Morgan fingerprint density at radius 3 is 2.46 bits per heavy atom. The topological polar surface area (TPSA) is 80.9 Å². The van der Waals surface area contributed by atoms with Crippen LogP contribution in [0.25, 0.3) is 27.8 Å². The minimum absolute atomic E-state index is 0.109. The van der Waals surface area contributed by atoms with Gasteiger partial charge in [-0.3, -0.25) is 14.8 Å². The van der Waals surface area contributed by atoms with Gasteiger partial charge in [0.15, 0.2) is 11.5 Å². The first kappa shape index (κ1) is 24.5. The molecule has 8 nitrogen and oxygen atoms in total. The van der Waals surface area contributed by atoms with Crippen molar-refractivity contribution < 1.29 is 22.4 Å². The van der Waals surface area contributed by atoms with E-state index in [1.165, 1.54) is 34.5 Å². The van der Waals surface area contributed by atoms with E-state index in [9.17, 15) is 22.4 Å². The molecule has 1 aromatic carbocycles. The molecule has 192 valence electrons. The van der Waals surface area contributed by atoms with E-state index >= 15 is 0 Å². The maximum Gasteiger partial charge on any atom is 0.482 e. The summed E-state index contributed by atoms with van der Waals surface area (Å²) in [6.45, 7) is 7.60. The first-order chi connectivity index (χ1) is 17.5. The number of benzene rings is 1. The number of amides is 1. The van der Waals surface area contributed by atoms with E-state index in [0.29, 0.717) is 17.0 Å². The molecule has 12 heteroatoms. The number of hydrogen-bond acceptors (Lipinski definition) is 5. The van der Waals surface area contributed by atoms with E-state index in [-0.39, 0.29) is 30.7 Å². The number of likely N-dealkylation sites (tertiary alicyclic amines) is 1. The van der Waals surface area contributed by atoms with Gasteiger partial charge < -0.3 is 4.90 Å². The number of anilines is 1. The Morgan fingerprint density at radius 2 is 1.86 bits per heavy atom. The predicted octanol–water partition coefficient (Wildman–Crippen LogP) is 5.21. The van der Waals surface area contributed by atoms with Crippen LogP contribution in [-0.2, 0) is 4.79 Å². The summed E-state index contributed by atoms with van der Waals surface area (Å²) in [6, 6.07) is 7.64. The van der Waals surface area contributed by atoms with E-state index in [1.54, 1.807) is 17.1 Å². The van der Waals surface area contributed by atoms with Crippen LogP contribution in [0.5, 0.6) is 0 Å². The molecule has 37 heavy (non-hydrogen) atoms. The van der Waals surface area contributed by atoms with Gasteiger partial charge in [-0.1, -0.05) is 6.58 Å². The van der Waals surface area contributed by atoms with Gasteiger partial charge in [0.2, 0.25) is 0 Å². The zero-order valence-corrected chi connectivity index (χ0v) is 20.0. The van der Waals surface area contributed by atoms with Crippen LogP contribution in [0.4, 0.5) is 23.2 Å². The van der Waals surface area contributed by atoms with Gasteiger partial charge in [-0.2, -0.15) is 23.4 Å². The smallest absolute Gasteiger partial charge is 0.335 e. The van der Waals surface area contributed by atoms with Gasteiger partial charge in [-0.05, 0) is 49.7 Å². The van der Waals surface area contributed by atoms with Crippen molar-refractivity contribution in [1.82, 2.24) is 29.4 Å². The lowest BCUT2D eigenvalue weighted by Crippen LogP contribution is -2.48. The van der Waals surface area contributed by atoms with E-state index < -0.39 is 18.0 Å². The highest BCUT2D eigenvalue weighted by Crippen LogP contribution is 2.38. The first-order valence-electron chi connectivity index (χ1n) is 11.5. The minimum Gasteiger partial charge on any atom is -0.335 e. The molecule has 5 rings (SSSR count). The summed E-state index contributed by atoms with van der Waals surface area (Å²) in [7, 11) is 0. The van der Waals surface area contributed by atoms with Crippen LogP contribution in [0, 0.1) is 0 Å². The van der Waals surface area contributed by atoms with Crippen LogP contribution in [-0.4, -0.2) is 54.7 Å². The maximum absolute atomic E-state index is 13.4. The summed E-state index contributed by atoms with van der Waals surface area (Å²) < 4.78 is 54.9. The molecule has 0 bridgehead atoms. The largest absolute Gasteiger partial charge is 0.482 e. The first-order valence-corrected chi connectivity index (χ1v) is 11.5. The number of halogens is 4. The van der Waals surface area contributed by atoms with Crippen molar-refractivity contribution in [3.63, 3.8) is 0 Å². The zero-order valence-electron chi connectivity index (χ0n) is 20.0. The Hall–Kier alpha value is -4.22. The lowest BCUT2D eigenvalue weighted by atomic mass is 9.92. The fourth-order valence-electron chi connectivity index (χ4n) is 4.37. The van der Waals surface area contributed by atoms with Crippen molar-refractivity contribution in [3.05, 3.63) is 67.0 Å². The lowest BCUT2D eigenvalue weighted by Gasteiger charge is -2.38. The van der Waals surface area contributed by atoms with Crippen molar-refractivity contribution in [1.29, 1.82) is 0 Å². The standard InChI is InChI=1S/C25H23F4N7O/c1-14(2)35-13-16(10-31-35)20-8-9-30-23-21(20)22(17-11-34(12-17)24(37)15(3)26)33-36(23)19-6-4-18(5-7-19)32-25(27,28)29/h4-10,13-14,17,32H,3,11-12H2,1-2H3. The number of carbonyl (C=O) groups excluding carboxylic acids is 1. The second kappa shape index (κ2) is 9.02. The third kappa shape index (κ3) is 4.66. The lowest BCUT2D eigenvalue weighted by molar-refractivity contribution is -0.133. The normalized spacial score (nSPS) is 14.3. The SMILES string of the molecule is C=C(F)C(=O)N1CC(c2nn(-c3ccc(NC(F)(F)F)cc3)c3nccc(-c4cnn(C(C)C)c4)c23)C1. The van der Waals surface area contributed by atoms with E-state index in [2.05, 4.69) is 16.7 Å². The molecule has 0 saturated carbocycles. The number of hydrogen-bond donors (Lipinski definition) is 1. The van der Waals surface area contributed by atoms with E-state index in [4.69, 9.17) is 5.10 Å². The van der Waals surface area contributed by atoms with Crippen molar-refractivity contribution in [2.45, 2.75) is 32.1 Å². The molecule has 0 aliphatic carbocycles. The highest BCUT2D eigenvalue weighted by molar-refractivity contribution is 5.96. The van der Waals surface area contributed by atoms with Gasteiger partial charge in [0.1, 0.15) is 0 Å². The monoisotopic (exact) mass is 513 g/mol. The van der Waals surface area contributed by atoms with Gasteiger partial charge >= 0.3 is 6.30 Å². The molecule has 1 saturated heterocycles. The number of nitrogens with zero attached hydrogens (tertiary/aromatic N) is 6. The molecular weight excluding hydrogens is 490 g/mol. The highest BCUT2D eigenvalue weighted by atomic mass is 19.4.